The molecule has 0 atom stereocenters. The summed E-state index contributed by atoms with van der Waals surface area (Å²) in [7, 11) is 0. The van der Waals surface area contributed by atoms with Crippen LogP contribution in [-0.4, -0.2) is 19.4 Å². The molecule has 0 radical (unpaired) electrons. The molecule has 4 heterocycles. The lowest BCUT2D eigenvalue weighted by Gasteiger charge is -2.12. The first-order valence-electron chi connectivity index (χ1n) is 17.3. The van der Waals surface area contributed by atoms with Gasteiger partial charge in [0.15, 0.2) is 0 Å². The number of hydrogen-bond donors (Lipinski definition) is 0. The number of benzene rings is 7. The van der Waals surface area contributed by atoms with E-state index in [1.807, 2.05) is 36.8 Å². The number of aromatic nitrogens is 4. The van der Waals surface area contributed by atoms with E-state index < -0.39 is 0 Å². The summed E-state index contributed by atoms with van der Waals surface area (Å²) in [6, 6.07) is 54.6. The van der Waals surface area contributed by atoms with Crippen LogP contribution >= 0.6 is 0 Å². The highest BCUT2D eigenvalue weighted by Gasteiger charge is 2.16. The van der Waals surface area contributed by atoms with Crippen LogP contribution in [0.5, 0.6) is 0 Å². The fourth-order valence-electron chi connectivity index (χ4n) is 8.09. The van der Waals surface area contributed by atoms with Crippen molar-refractivity contribution in [3.63, 3.8) is 0 Å². The van der Waals surface area contributed by atoms with E-state index in [1.165, 1.54) is 65.8 Å². The molecular formula is C47H28N4. The summed E-state index contributed by atoms with van der Waals surface area (Å²) in [6.45, 7) is 0. The highest BCUT2D eigenvalue weighted by molar-refractivity contribution is 6.13. The molecule has 4 aromatic heterocycles. The van der Waals surface area contributed by atoms with E-state index in [2.05, 4.69) is 143 Å². The van der Waals surface area contributed by atoms with Gasteiger partial charge >= 0.3 is 0 Å². The number of pyridine rings is 2. The number of nitrogens with zero attached hydrogens (tertiary/aromatic N) is 4. The van der Waals surface area contributed by atoms with Gasteiger partial charge in [0, 0.05) is 34.1 Å². The predicted molar refractivity (Wildman–Crippen MR) is 212 cm³/mol. The van der Waals surface area contributed by atoms with Gasteiger partial charge < -0.3 is 4.40 Å². The van der Waals surface area contributed by atoms with Gasteiger partial charge in [-0.15, -0.1) is 0 Å². The Bertz CT molecular complexity index is 3190. The zero-order valence-electron chi connectivity index (χ0n) is 27.5. The normalized spacial score (nSPS) is 11.9. The highest BCUT2D eigenvalue weighted by atomic mass is 14.9. The van der Waals surface area contributed by atoms with Gasteiger partial charge in [-0.2, -0.15) is 0 Å². The van der Waals surface area contributed by atoms with E-state index in [0.717, 1.165) is 38.4 Å². The quantitative estimate of drug-likeness (QED) is 0.179. The predicted octanol–water partition coefficient (Wildman–Crippen LogP) is 12.0. The molecule has 0 aliphatic rings. The fraction of sp³-hybridized carbons (Fsp3) is 0. The van der Waals surface area contributed by atoms with Crippen LogP contribution in [0.15, 0.2) is 170 Å². The van der Waals surface area contributed by atoms with Crippen LogP contribution in [-0.2, 0) is 0 Å². The third-order valence-corrected chi connectivity index (χ3v) is 10.5. The van der Waals surface area contributed by atoms with Gasteiger partial charge in [-0.05, 0) is 97.9 Å². The molecule has 4 nitrogen and oxygen atoms in total. The van der Waals surface area contributed by atoms with Crippen molar-refractivity contribution in [1.82, 2.24) is 19.4 Å². The van der Waals surface area contributed by atoms with Crippen molar-refractivity contribution in [2.75, 3.05) is 0 Å². The average Bonchev–Trinajstić information content (AvgIpc) is 3.55. The summed E-state index contributed by atoms with van der Waals surface area (Å²) in [4.78, 5) is 14.2. The SMILES string of the molecule is c1cnc2c(c1)cc(-c1ccc3c(ccc4ccc(-c5ccc(-c6c7ccccc7n7c6cnc6ccccc67)cc5)cc43)c1)c1cccnc12. The molecule has 0 unspecified atom stereocenters. The monoisotopic (exact) mass is 648 g/mol. The van der Waals surface area contributed by atoms with E-state index in [0.29, 0.717) is 0 Å². The van der Waals surface area contributed by atoms with Gasteiger partial charge in [0.05, 0.1) is 39.3 Å². The van der Waals surface area contributed by atoms with E-state index in [9.17, 15) is 0 Å². The Hall–Kier alpha value is -6.91. The van der Waals surface area contributed by atoms with Gasteiger partial charge in [-0.1, -0.05) is 103 Å². The number of rotatable bonds is 3. The first-order valence-corrected chi connectivity index (χ1v) is 17.3. The Balaban J connectivity index is 1.01. The molecule has 11 aromatic rings. The van der Waals surface area contributed by atoms with E-state index in [4.69, 9.17) is 9.97 Å². The van der Waals surface area contributed by atoms with E-state index in [1.54, 1.807) is 0 Å². The zero-order chi connectivity index (χ0) is 33.5. The number of hydrogen-bond acceptors (Lipinski definition) is 3. The Morgan fingerprint density at radius 2 is 1.08 bits per heavy atom. The third-order valence-electron chi connectivity index (χ3n) is 10.5. The molecule has 0 amide bonds. The minimum absolute atomic E-state index is 0.934. The molecule has 4 heteroatoms. The minimum Gasteiger partial charge on any atom is -0.306 e. The van der Waals surface area contributed by atoms with E-state index in [-0.39, 0.29) is 0 Å². The van der Waals surface area contributed by atoms with Gasteiger partial charge in [0.1, 0.15) is 0 Å². The standard InChI is InChI=1S/C47H28N4/c1-3-11-42-38(8-1)45(44-28-50-41-10-2-4-12-43(41)51(42)44)31-17-13-29(14-18-31)32-19-15-30-16-20-33-25-34(21-22-36(33)39(30)26-32)40-27-35-7-5-23-48-46(35)47-37(40)9-6-24-49-47/h1-28H. The molecular weight excluding hydrogens is 621 g/mol. The van der Waals surface area contributed by atoms with E-state index >= 15 is 0 Å². The van der Waals surface area contributed by atoms with Gasteiger partial charge in [0.25, 0.3) is 0 Å². The topological polar surface area (TPSA) is 43.1 Å². The van der Waals surface area contributed by atoms with Crippen LogP contribution in [0.4, 0.5) is 0 Å². The Labute approximate surface area is 292 Å². The zero-order valence-corrected chi connectivity index (χ0v) is 27.5. The molecule has 0 bridgehead atoms. The lowest BCUT2D eigenvalue weighted by Crippen LogP contribution is -1.90. The van der Waals surface area contributed by atoms with Crippen molar-refractivity contribution < 1.29 is 0 Å². The van der Waals surface area contributed by atoms with Gasteiger partial charge in [-0.25, -0.2) is 0 Å². The van der Waals surface area contributed by atoms with Gasteiger partial charge in [-0.3, -0.25) is 15.0 Å². The fourth-order valence-corrected chi connectivity index (χ4v) is 8.09. The molecule has 51 heavy (non-hydrogen) atoms. The summed E-state index contributed by atoms with van der Waals surface area (Å²) >= 11 is 0. The molecule has 0 N–H and O–H groups in total. The van der Waals surface area contributed by atoms with Crippen molar-refractivity contribution >= 4 is 70.8 Å². The number of fused-ring (bicyclic) bond motifs is 11. The maximum atomic E-state index is 4.83. The van der Waals surface area contributed by atoms with Crippen molar-refractivity contribution in [2.45, 2.75) is 0 Å². The molecule has 0 aliphatic carbocycles. The molecule has 0 spiro atoms. The first kappa shape index (κ1) is 28.0. The average molecular weight is 649 g/mol. The Morgan fingerprint density at radius 1 is 0.373 bits per heavy atom. The lowest BCUT2D eigenvalue weighted by molar-refractivity contribution is 1.27. The lowest BCUT2D eigenvalue weighted by atomic mass is 9.93. The van der Waals surface area contributed by atoms with Crippen LogP contribution in [0.25, 0.3) is 104 Å². The minimum atomic E-state index is 0.934. The van der Waals surface area contributed by atoms with Crippen LogP contribution in [0.3, 0.4) is 0 Å². The largest absolute Gasteiger partial charge is 0.306 e. The van der Waals surface area contributed by atoms with Crippen LogP contribution in [0.2, 0.25) is 0 Å². The second-order valence-corrected chi connectivity index (χ2v) is 13.3. The second kappa shape index (κ2) is 10.8. The summed E-state index contributed by atoms with van der Waals surface area (Å²) in [6.07, 6.45) is 5.70. The van der Waals surface area contributed by atoms with Crippen molar-refractivity contribution in [3.05, 3.63) is 170 Å². The summed E-state index contributed by atoms with van der Waals surface area (Å²) < 4.78 is 2.34. The third kappa shape index (κ3) is 4.23. The van der Waals surface area contributed by atoms with Crippen molar-refractivity contribution in [3.8, 4) is 33.4 Å². The first-order chi connectivity index (χ1) is 25.3. The molecule has 7 aromatic carbocycles. The summed E-state index contributed by atoms with van der Waals surface area (Å²) in [5.41, 5.74) is 13.4. The molecule has 0 saturated heterocycles. The molecule has 236 valence electrons. The van der Waals surface area contributed by atoms with Crippen molar-refractivity contribution in [2.24, 2.45) is 0 Å². The van der Waals surface area contributed by atoms with Crippen LogP contribution < -0.4 is 0 Å². The summed E-state index contributed by atoms with van der Waals surface area (Å²) in [5.74, 6) is 0. The molecule has 0 fully saturated rings. The van der Waals surface area contributed by atoms with Gasteiger partial charge in [0.2, 0.25) is 0 Å². The van der Waals surface area contributed by atoms with Crippen LogP contribution in [0.1, 0.15) is 0 Å². The Kier molecular flexibility index (Phi) is 5.92. The number of para-hydroxylation sites is 3. The van der Waals surface area contributed by atoms with Crippen LogP contribution in [0, 0.1) is 0 Å². The smallest absolute Gasteiger partial charge is 0.0970 e. The maximum absolute atomic E-state index is 4.83. The molecule has 0 aliphatic heterocycles. The van der Waals surface area contributed by atoms with Crippen molar-refractivity contribution in [1.29, 1.82) is 0 Å². The molecule has 0 saturated carbocycles. The second-order valence-electron chi connectivity index (χ2n) is 13.3. The highest BCUT2D eigenvalue weighted by Crippen LogP contribution is 2.39. The maximum Gasteiger partial charge on any atom is 0.0970 e. The molecule has 11 rings (SSSR count). The summed E-state index contributed by atoms with van der Waals surface area (Å²) in [5, 5.41) is 8.36. The Morgan fingerprint density at radius 3 is 2.00 bits per heavy atom.